The number of benzene rings is 1. The predicted molar refractivity (Wildman–Crippen MR) is 115 cm³/mol. The van der Waals surface area contributed by atoms with Gasteiger partial charge in [-0.1, -0.05) is 18.3 Å². The van der Waals surface area contributed by atoms with Gasteiger partial charge in [-0.05, 0) is 49.9 Å². The number of hydrogen-bond acceptors (Lipinski definition) is 8. The van der Waals surface area contributed by atoms with E-state index in [0.717, 1.165) is 30.0 Å². The lowest BCUT2D eigenvalue weighted by Crippen LogP contribution is -2.37. The lowest BCUT2D eigenvalue weighted by atomic mass is 9.95. The molecule has 1 saturated heterocycles. The summed E-state index contributed by atoms with van der Waals surface area (Å²) in [5.74, 6) is 3.09. The van der Waals surface area contributed by atoms with Crippen molar-refractivity contribution in [2.24, 2.45) is 5.92 Å². The molecule has 0 saturated carbocycles. The first-order valence-corrected chi connectivity index (χ1v) is 10.9. The number of aromatic nitrogens is 3. The van der Waals surface area contributed by atoms with Crippen molar-refractivity contribution in [3.05, 3.63) is 28.4 Å². The van der Waals surface area contributed by atoms with E-state index in [0.29, 0.717) is 34.0 Å². The number of thiazole rings is 1. The van der Waals surface area contributed by atoms with Crippen LogP contribution in [0.4, 0.5) is 0 Å². The fourth-order valence-electron chi connectivity index (χ4n) is 4.27. The quantitative estimate of drug-likeness (QED) is 0.637. The van der Waals surface area contributed by atoms with E-state index in [-0.39, 0.29) is 11.9 Å². The van der Waals surface area contributed by atoms with Crippen LogP contribution in [-0.2, 0) is 0 Å². The molecule has 1 aliphatic rings. The van der Waals surface area contributed by atoms with E-state index in [2.05, 4.69) is 21.9 Å². The van der Waals surface area contributed by atoms with E-state index >= 15 is 0 Å². The van der Waals surface area contributed by atoms with Gasteiger partial charge in [0, 0.05) is 6.54 Å². The van der Waals surface area contributed by atoms with Crippen LogP contribution in [0, 0.1) is 12.8 Å². The molecule has 1 aromatic carbocycles. The van der Waals surface area contributed by atoms with Crippen molar-refractivity contribution in [3.8, 4) is 23.1 Å². The first-order valence-electron chi connectivity index (χ1n) is 10.1. The summed E-state index contributed by atoms with van der Waals surface area (Å²) in [6.45, 7) is 5.97. The summed E-state index contributed by atoms with van der Waals surface area (Å²) in [6, 6.07) is 3.76. The van der Waals surface area contributed by atoms with Gasteiger partial charge in [-0.25, -0.2) is 4.98 Å². The molecule has 3 aromatic rings. The molecule has 0 radical (unpaired) electrons. The lowest BCUT2D eigenvalue weighted by molar-refractivity contribution is 0.148. The predicted octanol–water partition coefficient (Wildman–Crippen LogP) is 3.65. The zero-order valence-electron chi connectivity index (χ0n) is 18.0. The maximum atomic E-state index is 11.0. The van der Waals surface area contributed by atoms with E-state index in [1.165, 1.54) is 22.3 Å². The molecule has 0 bridgehead atoms. The van der Waals surface area contributed by atoms with Crippen molar-refractivity contribution >= 4 is 16.3 Å². The number of piperidine rings is 1. The third-order valence-corrected chi connectivity index (χ3v) is 6.68. The molecule has 8 nitrogen and oxygen atoms in total. The number of fused-ring (bicyclic) bond motifs is 1. The van der Waals surface area contributed by atoms with Gasteiger partial charge in [0.2, 0.25) is 16.6 Å². The molecule has 162 valence electrons. The van der Waals surface area contributed by atoms with Crippen LogP contribution in [0.15, 0.2) is 12.1 Å². The fourth-order valence-corrected chi connectivity index (χ4v) is 5.44. The summed E-state index contributed by atoms with van der Waals surface area (Å²) in [6.07, 6.45) is 2.32. The normalized spacial score (nSPS) is 18.5. The maximum Gasteiger partial charge on any atom is 0.230 e. The second-order valence-electron chi connectivity index (χ2n) is 7.75. The third kappa shape index (κ3) is 3.56. The van der Waals surface area contributed by atoms with Crippen LogP contribution in [0.25, 0.3) is 4.96 Å². The molecule has 0 amide bonds. The van der Waals surface area contributed by atoms with Crippen LogP contribution in [0.5, 0.6) is 23.1 Å². The Hall–Kier alpha value is -2.52. The topological polar surface area (TPSA) is 81.4 Å². The van der Waals surface area contributed by atoms with Gasteiger partial charge in [0.25, 0.3) is 0 Å². The second kappa shape index (κ2) is 8.31. The maximum absolute atomic E-state index is 11.0. The summed E-state index contributed by atoms with van der Waals surface area (Å²) in [5.41, 5.74) is 0.968. The first-order chi connectivity index (χ1) is 14.5. The standard InChI is InChI=1S/C21H28N4O4S/c1-12-7-6-8-24(11-12)17(19-20(26)25-21(30-19)22-13(2)23-25)14-9-15(27-3)18(29-5)16(10-14)28-4/h9-10,12,17,26H,6-8,11H2,1-5H3. The van der Waals surface area contributed by atoms with Crippen molar-refractivity contribution in [3.63, 3.8) is 0 Å². The molecule has 0 spiro atoms. The van der Waals surface area contributed by atoms with Crippen LogP contribution in [-0.4, -0.2) is 59.0 Å². The second-order valence-corrected chi connectivity index (χ2v) is 8.76. The SMILES string of the molecule is COc1cc(C(c2sc3nc(C)nn3c2O)N2CCCC(C)C2)cc(OC)c1OC. The average molecular weight is 433 g/mol. The fraction of sp³-hybridized carbons (Fsp3) is 0.524. The first kappa shape index (κ1) is 20.7. The summed E-state index contributed by atoms with van der Waals surface area (Å²) < 4.78 is 18.2. The van der Waals surface area contributed by atoms with Crippen LogP contribution in [0.2, 0.25) is 0 Å². The highest BCUT2D eigenvalue weighted by molar-refractivity contribution is 7.17. The number of nitrogens with zero attached hydrogens (tertiary/aromatic N) is 4. The molecule has 0 aliphatic carbocycles. The Bertz CT molecular complexity index is 1020. The van der Waals surface area contributed by atoms with Gasteiger partial charge < -0.3 is 19.3 Å². The Morgan fingerprint density at radius 2 is 1.87 bits per heavy atom. The highest BCUT2D eigenvalue weighted by atomic mass is 32.1. The van der Waals surface area contributed by atoms with Crippen LogP contribution in [0.1, 0.15) is 42.1 Å². The van der Waals surface area contributed by atoms with Gasteiger partial charge in [-0.3, -0.25) is 4.90 Å². The summed E-state index contributed by atoms with van der Waals surface area (Å²) in [4.78, 5) is 8.35. The largest absolute Gasteiger partial charge is 0.493 e. The molecular weight excluding hydrogens is 404 g/mol. The minimum Gasteiger partial charge on any atom is -0.493 e. The number of hydrogen-bond donors (Lipinski definition) is 1. The zero-order valence-corrected chi connectivity index (χ0v) is 18.8. The minimum atomic E-state index is -0.171. The van der Waals surface area contributed by atoms with Crippen LogP contribution >= 0.6 is 11.3 Å². The Labute approximate surface area is 180 Å². The number of methoxy groups -OCH3 is 3. The third-order valence-electron chi connectivity index (χ3n) is 5.61. The van der Waals surface area contributed by atoms with E-state index in [1.54, 1.807) is 21.3 Å². The molecule has 30 heavy (non-hydrogen) atoms. The Morgan fingerprint density at radius 1 is 1.17 bits per heavy atom. The summed E-state index contributed by atoms with van der Waals surface area (Å²) in [7, 11) is 4.82. The van der Waals surface area contributed by atoms with Gasteiger partial charge in [-0.15, -0.1) is 5.10 Å². The van der Waals surface area contributed by atoms with Crippen LogP contribution in [0.3, 0.4) is 0 Å². The molecule has 2 unspecified atom stereocenters. The van der Waals surface area contributed by atoms with Gasteiger partial charge in [-0.2, -0.15) is 4.52 Å². The van der Waals surface area contributed by atoms with Gasteiger partial charge in [0.15, 0.2) is 11.5 Å². The Morgan fingerprint density at radius 3 is 2.43 bits per heavy atom. The molecule has 2 aromatic heterocycles. The van der Waals surface area contributed by atoms with Gasteiger partial charge in [0.1, 0.15) is 5.82 Å². The molecule has 9 heteroatoms. The number of aromatic hydroxyl groups is 1. The molecule has 1 aliphatic heterocycles. The lowest BCUT2D eigenvalue weighted by Gasteiger charge is -2.37. The number of ether oxygens (including phenoxy) is 3. The Kier molecular flexibility index (Phi) is 5.75. The molecule has 2 atom stereocenters. The summed E-state index contributed by atoms with van der Waals surface area (Å²) >= 11 is 1.46. The molecular formula is C21H28N4O4S. The number of rotatable bonds is 6. The van der Waals surface area contributed by atoms with Crippen molar-refractivity contribution in [2.75, 3.05) is 34.4 Å². The van der Waals surface area contributed by atoms with E-state index in [9.17, 15) is 5.11 Å². The van der Waals surface area contributed by atoms with Crippen molar-refractivity contribution < 1.29 is 19.3 Å². The smallest absolute Gasteiger partial charge is 0.230 e. The molecule has 1 fully saturated rings. The molecule has 3 heterocycles. The number of aryl methyl sites for hydroxylation is 1. The van der Waals surface area contributed by atoms with E-state index in [4.69, 9.17) is 14.2 Å². The molecule has 1 N–H and O–H groups in total. The average Bonchev–Trinajstić information content (AvgIpc) is 3.24. The van der Waals surface area contributed by atoms with Crippen molar-refractivity contribution in [1.29, 1.82) is 0 Å². The van der Waals surface area contributed by atoms with Crippen molar-refractivity contribution in [2.45, 2.75) is 32.7 Å². The minimum absolute atomic E-state index is 0.132. The number of likely N-dealkylation sites (tertiary alicyclic amines) is 1. The summed E-state index contributed by atoms with van der Waals surface area (Å²) in [5, 5.41) is 15.4. The highest BCUT2D eigenvalue weighted by Crippen LogP contribution is 2.46. The highest BCUT2D eigenvalue weighted by Gasteiger charge is 2.33. The van der Waals surface area contributed by atoms with E-state index in [1.807, 2.05) is 19.1 Å². The zero-order chi connectivity index (χ0) is 21.4. The van der Waals surface area contributed by atoms with E-state index < -0.39 is 0 Å². The van der Waals surface area contributed by atoms with Crippen molar-refractivity contribution in [1.82, 2.24) is 19.5 Å². The Balaban J connectivity index is 1.89. The monoisotopic (exact) mass is 432 g/mol. The molecule has 4 rings (SSSR count). The van der Waals surface area contributed by atoms with Crippen LogP contribution < -0.4 is 14.2 Å². The van der Waals surface area contributed by atoms with Gasteiger partial charge >= 0.3 is 0 Å². The van der Waals surface area contributed by atoms with Gasteiger partial charge in [0.05, 0.1) is 32.2 Å².